The molecule has 3 amide bonds. The van der Waals surface area contributed by atoms with E-state index in [2.05, 4.69) is 17.2 Å². The lowest BCUT2D eigenvalue weighted by molar-refractivity contribution is -0.133. The molecule has 0 saturated carbocycles. The number of carbonyl (C=O) groups is 4. The summed E-state index contributed by atoms with van der Waals surface area (Å²) in [5, 5.41) is 2.74. The van der Waals surface area contributed by atoms with Crippen LogP contribution in [0.5, 0.6) is 0 Å². The molecule has 198 valence electrons. The predicted molar refractivity (Wildman–Crippen MR) is 141 cm³/mol. The fourth-order valence-corrected chi connectivity index (χ4v) is 4.16. The van der Waals surface area contributed by atoms with Crippen molar-refractivity contribution in [2.45, 2.75) is 52.6 Å². The van der Waals surface area contributed by atoms with Gasteiger partial charge in [0.15, 0.2) is 6.29 Å². The Kier molecular flexibility index (Phi) is 9.02. The lowest BCUT2D eigenvalue weighted by Gasteiger charge is -2.33. The highest BCUT2D eigenvalue weighted by molar-refractivity contribution is 5.98. The van der Waals surface area contributed by atoms with E-state index in [4.69, 9.17) is 4.74 Å². The molecule has 9 heteroatoms. The molecule has 3 rings (SSSR count). The van der Waals surface area contributed by atoms with E-state index < -0.39 is 17.6 Å². The van der Waals surface area contributed by atoms with Crippen LogP contribution in [0, 0.1) is 5.92 Å². The molecule has 2 heterocycles. The van der Waals surface area contributed by atoms with Crippen LogP contribution in [0.4, 0.5) is 10.5 Å². The van der Waals surface area contributed by atoms with E-state index in [0.29, 0.717) is 19.3 Å². The van der Waals surface area contributed by atoms with Crippen molar-refractivity contribution >= 4 is 29.9 Å². The van der Waals surface area contributed by atoms with Crippen molar-refractivity contribution in [2.24, 2.45) is 5.92 Å². The number of ether oxygens (including phenoxy) is 1. The molecule has 2 aromatic rings. The fourth-order valence-electron chi connectivity index (χ4n) is 4.16. The van der Waals surface area contributed by atoms with Crippen molar-refractivity contribution in [2.75, 3.05) is 32.0 Å². The zero-order chi connectivity index (χ0) is 27.2. The SMILES string of the molecule is CCc1cccc(-c2cnc(C=O)c(NC(=O)CN(CC3CCN(C)C(=O)C3)C(=O)OC(C)(C)C)c2)c1. The van der Waals surface area contributed by atoms with E-state index in [1.807, 2.05) is 24.3 Å². The van der Waals surface area contributed by atoms with Gasteiger partial charge < -0.3 is 15.0 Å². The van der Waals surface area contributed by atoms with Gasteiger partial charge >= 0.3 is 6.09 Å². The second-order valence-electron chi connectivity index (χ2n) is 10.4. The first-order chi connectivity index (χ1) is 17.5. The first-order valence-electron chi connectivity index (χ1n) is 12.5. The van der Waals surface area contributed by atoms with Crippen molar-refractivity contribution in [3.8, 4) is 11.1 Å². The van der Waals surface area contributed by atoms with Crippen LogP contribution in [0.15, 0.2) is 36.5 Å². The number of aromatic nitrogens is 1. The van der Waals surface area contributed by atoms with Crippen LogP contribution >= 0.6 is 0 Å². The maximum atomic E-state index is 13.1. The van der Waals surface area contributed by atoms with E-state index in [9.17, 15) is 19.2 Å². The summed E-state index contributed by atoms with van der Waals surface area (Å²) in [4.78, 5) is 57.1. The maximum Gasteiger partial charge on any atom is 0.410 e. The smallest absolute Gasteiger partial charge is 0.410 e. The number of likely N-dealkylation sites (tertiary alicyclic amines) is 1. The normalized spacial score (nSPS) is 15.8. The number of hydrogen-bond donors (Lipinski definition) is 1. The highest BCUT2D eigenvalue weighted by Crippen LogP contribution is 2.25. The van der Waals surface area contributed by atoms with Crippen LogP contribution in [0.1, 0.15) is 56.6 Å². The van der Waals surface area contributed by atoms with Crippen LogP contribution < -0.4 is 5.32 Å². The minimum absolute atomic E-state index is 0.00972. The second kappa shape index (κ2) is 12.0. The van der Waals surface area contributed by atoms with Crippen molar-refractivity contribution in [3.05, 3.63) is 47.8 Å². The molecule has 0 aliphatic carbocycles. The maximum absolute atomic E-state index is 13.1. The molecule has 1 aliphatic heterocycles. The number of aldehydes is 1. The van der Waals surface area contributed by atoms with E-state index in [1.165, 1.54) is 4.90 Å². The summed E-state index contributed by atoms with van der Waals surface area (Å²) in [6, 6.07) is 9.66. The molecule has 1 aromatic heterocycles. The van der Waals surface area contributed by atoms with Gasteiger partial charge in [-0.1, -0.05) is 31.2 Å². The van der Waals surface area contributed by atoms with E-state index in [1.54, 1.807) is 45.0 Å². The first kappa shape index (κ1) is 27.8. The number of benzene rings is 1. The number of amides is 3. The van der Waals surface area contributed by atoms with Gasteiger partial charge in [-0.25, -0.2) is 4.79 Å². The Morgan fingerprint density at radius 1 is 1.24 bits per heavy atom. The lowest BCUT2D eigenvalue weighted by Crippen LogP contribution is -2.46. The molecule has 0 bridgehead atoms. The van der Waals surface area contributed by atoms with Crippen LogP contribution in [-0.2, 0) is 20.7 Å². The minimum Gasteiger partial charge on any atom is -0.444 e. The fraction of sp³-hybridized carbons (Fsp3) is 0.464. The van der Waals surface area contributed by atoms with Gasteiger partial charge in [-0.2, -0.15) is 0 Å². The van der Waals surface area contributed by atoms with Crippen LogP contribution in [0.25, 0.3) is 11.1 Å². The van der Waals surface area contributed by atoms with Gasteiger partial charge in [0, 0.05) is 38.3 Å². The predicted octanol–water partition coefficient (Wildman–Crippen LogP) is 4.17. The summed E-state index contributed by atoms with van der Waals surface area (Å²) in [5.41, 5.74) is 2.44. The monoisotopic (exact) mass is 508 g/mol. The van der Waals surface area contributed by atoms with Gasteiger partial charge in [0.05, 0.1) is 5.69 Å². The number of nitrogens with one attached hydrogen (secondary N) is 1. The first-order valence-corrected chi connectivity index (χ1v) is 12.5. The van der Waals surface area contributed by atoms with Gasteiger partial charge in [0.2, 0.25) is 11.8 Å². The summed E-state index contributed by atoms with van der Waals surface area (Å²) in [5.74, 6) is -0.560. The zero-order valence-corrected chi connectivity index (χ0v) is 22.2. The Balaban J connectivity index is 1.79. The molecule has 1 saturated heterocycles. The molecule has 1 atom stereocenters. The van der Waals surface area contributed by atoms with Gasteiger partial charge in [-0.15, -0.1) is 0 Å². The lowest BCUT2D eigenvalue weighted by atomic mass is 9.96. The number of hydrogen-bond acceptors (Lipinski definition) is 6. The number of carbonyl (C=O) groups excluding carboxylic acids is 4. The van der Waals surface area contributed by atoms with Crippen molar-refractivity contribution < 1.29 is 23.9 Å². The number of aryl methyl sites for hydroxylation is 1. The molecule has 9 nitrogen and oxygen atoms in total. The second-order valence-corrected chi connectivity index (χ2v) is 10.4. The topological polar surface area (TPSA) is 109 Å². The Morgan fingerprint density at radius 2 is 2.00 bits per heavy atom. The minimum atomic E-state index is -0.746. The van der Waals surface area contributed by atoms with Gasteiger partial charge in [-0.05, 0) is 56.7 Å². The summed E-state index contributed by atoms with van der Waals surface area (Å²) < 4.78 is 5.53. The number of rotatable bonds is 8. The van der Waals surface area contributed by atoms with Crippen molar-refractivity contribution in [1.29, 1.82) is 0 Å². The van der Waals surface area contributed by atoms with Gasteiger partial charge in [-0.3, -0.25) is 24.3 Å². The van der Waals surface area contributed by atoms with Crippen molar-refractivity contribution in [3.63, 3.8) is 0 Å². The average molecular weight is 509 g/mol. The summed E-state index contributed by atoms with van der Waals surface area (Å²) in [6.45, 7) is 7.85. The largest absolute Gasteiger partial charge is 0.444 e. The highest BCUT2D eigenvalue weighted by Gasteiger charge is 2.30. The summed E-state index contributed by atoms with van der Waals surface area (Å²) in [6.07, 6.45) is 3.45. The van der Waals surface area contributed by atoms with E-state index in [0.717, 1.165) is 29.5 Å². The molecule has 1 aromatic carbocycles. The Hall–Kier alpha value is -3.75. The van der Waals surface area contributed by atoms with Crippen LogP contribution in [0.3, 0.4) is 0 Å². The van der Waals surface area contributed by atoms with E-state index >= 15 is 0 Å². The Labute approximate surface area is 218 Å². The molecular formula is C28H36N4O5. The molecule has 1 fully saturated rings. The van der Waals surface area contributed by atoms with Gasteiger partial charge in [0.1, 0.15) is 17.8 Å². The molecule has 37 heavy (non-hydrogen) atoms. The number of piperidine rings is 1. The molecule has 0 radical (unpaired) electrons. The standard InChI is InChI=1S/C28H36N4O5/c1-6-19-8-7-9-21(12-19)22-14-23(24(18-33)29-15-22)30-25(34)17-32(27(36)37-28(2,3)4)16-20-10-11-31(5)26(35)13-20/h7-9,12,14-15,18,20H,6,10-11,13,16-17H2,1-5H3,(H,30,34). The average Bonchev–Trinajstić information content (AvgIpc) is 2.84. The molecular weight excluding hydrogens is 472 g/mol. The highest BCUT2D eigenvalue weighted by atomic mass is 16.6. The van der Waals surface area contributed by atoms with E-state index in [-0.39, 0.29) is 36.3 Å². The third-order valence-electron chi connectivity index (χ3n) is 6.20. The zero-order valence-electron chi connectivity index (χ0n) is 22.2. The molecule has 1 unspecified atom stereocenters. The van der Waals surface area contributed by atoms with Crippen LogP contribution in [0.2, 0.25) is 0 Å². The molecule has 1 N–H and O–H groups in total. The molecule has 1 aliphatic rings. The van der Waals surface area contributed by atoms with Crippen molar-refractivity contribution in [1.82, 2.24) is 14.8 Å². The Morgan fingerprint density at radius 3 is 2.65 bits per heavy atom. The molecule has 0 spiro atoms. The summed E-state index contributed by atoms with van der Waals surface area (Å²) >= 11 is 0. The number of pyridine rings is 1. The summed E-state index contributed by atoms with van der Waals surface area (Å²) in [7, 11) is 1.75. The third kappa shape index (κ3) is 7.87. The number of anilines is 1. The quantitative estimate of drug-likeness (QED) is 0.536. The Bertz CT molecular complexity index is 1160. The van der Waals surface area contributed by atoms with Crippen LogP contribution in [-0.4, -0.2) is 71.3 Å². The number of nitrogens with zero attached hydrogens (tertiary/aromatic N) is 3. The van der Waals surface area contributed by atoms with Gasteiger partial charge in [0.25, 0.3) is 0 Å². The third-order valence-corrected chi connectivity index (χ3v) is 6.20.